The fourth-order valence-corrected chi connectivity index (χ4v) is 5.65. The van der Waals surface area contributed by atoms with Crippen molar-refractivity contribution in [2.24, 2.45) is 11.3 Å². The fourth-order valence-electron chi connectivity index (χ4n) is 5.12. The first-order valence-corrected chi connectivity index (χ1v) is 14.8. The molecule has 3 heterocycles. The number of alkyl halides is 5. The van der Waals surface area contributed by atoms with Gasteiger partial charge >= 0.3 is 6.18 Å². The Morgan fingerprint density at radius 1 is 1.16 bits per heavy atom. The van der Waals surface area contributed by atoms with E-state index in [9.17, 15) is 31.5 Å². The van der Waals surface area contributed by atoms with E-state index in [-0.39, 0.29) is 76.5 Å². The van der Waals surface area contributed by atoms with Gasteiger partial charge in [0.15, 0.2) is 12.3 Å². The molecule has 1 aliphatic heterocycles. The molecular weight excluding hydrogens is 650 g/mol. The van der Waals surface area contributed by atoms with E-state index in [4.69, 9.17) is 32.7 Å². The van der Waals surface area contributed by atoms with E-state index in [0.717, 1.165) is 0 Å². The average Bonchev–Trinajstić information content (AvgIpc) is 3.37. The summed E-state index contributed by atoms with van der Waals surface area (Å²) < 4.78 is 75.3. The second-order valence-corrected chi connectivity index (χ2v) is 12.1. The first-order valence-electron chi connectivity index (χ1n) is 14.0. The summed E-state index contributed by atoms with van der Waals surface area (Å²) in [5.41, 5.74) is 0.233. The fraction of sp³-hybridized carbons (Fsp3) is 0.500. The minimum absolute atomic E-state index is 0.00984. The molecular formula is C28H29Cl2F5N6O4. The number of anilines is 2. The maximum atomic E-state index is 13.2. The topological polar surface area (TPSA) is 130 Å². The molecule has 244 valence electrons. The lowest BCUT2D eigenvalue weighted by molar-refractivity contribution is -0.182. The second-order valence-electron chi connectivity index (χ2n) is 11.3. The molecule has 0 atom stereocenters. The van der Waals surface area contributed by atoms with Crippen LogP contribution in [0.25, 0.3) is 11.2 Å². The quantitative estimate of drug-likeness (QED) is 0.189. The van der Waals surface area contributed by atoms with Gasteiger partial charge in [-0.1, -0.05) is 29.3 Å². The van der Waals surface area contributed by atoms with Crippen molar-refractivity contribution in [3.05, 3.63) is 39.4 Å². The molecule has 1 aromatic carbocycles. The zero-order valence-electron chi connectivity index (χ0n) is 23.8. The van der Waals surface area contributed by atoms with Gasteiger partial charge in [0.05, 0.1) is 45.8 Å². The minimum atomic E-state index is -4.30. The Kier molecular flexibility index (Phi) is 9.61. The monoisotopic (exact) mass is 678 g/mol. The van der Waals surface area contributed by atoms with Crippen LogP contribution in [0.5, 0.6) is 5.88 Å². The first-order chi connectivity index (χ1) is 21.2. The molecule has 0 radical (unpaired) electrons. The van der Waals surface area contributed by atoms with Gasteiger partial charge in [-0.2, -0.15) is 23.1 Å². The standard InChI is InChI=1S/C28H29Cl2F5N6O4/c1-27(11-44-12-27)25(43)36-9-13-2-7-17(29)21(20(13)30)39-26-38-18-8-16(24(40-22(18)41-26)45-10-19(31)32)23(42)37-15-5-3-14(4-6-15)28(33,34)35/h2,7-8,14-15,19H,3-6,9-12H2,1H3,(H,36,43)(H,37,42)(H2,38,39,40,41)/t14-,15-. The summed E-state index contributed by atoms with van der Waals surface area (Å²) in [4.78, 5) is 37.0. The van der Waals surface area contributed by atoms with Crippen LogP contribution in [-0.2, 0) is 16.1 Å². The van der Waals surface area contributed by atoms with Gasteiger partial charge in [-0.3, -0.25) is 9.59 Å². The van der Waals surface area contributed by atoms with E-state index in [1.54, 1.807) is 19.1 Å². The highest BCUT2D eigenvalue weighted by atomic mass is 35.5. The van der Waals surface area contributed by atoms with E-state index in [1.807, 2.05) is 0 Å². The molecule has 5 rings (SSSR count). The molecule has 2 aliphatic rings. The number of fused-ring (bicyclic) bond motifs is 1. The van der Waals surface area contributed by atoms with Crippen LogP contribution in [0.1, 0.15) is 48.5 Å². The zero-order valence-corrected chi connectivity index (χ0v) is 25.3. The van der Waals surface area contributed by atoms with Crippen LogP contribution in [0.2, 0.25) is 10.0 Å². The molecule has 17 heteroatoms. The Balaban J connectivity index is 1.34. The molecule has 0 unspecified atom stereocenters. The average molecular weight is 679 g/mol. The van der Waals surface area contributed by atoms with Gasteiger partial charge in [0.2, 0.25) is 17.7 Å². The van der Waals surface area contributed by atoms with Crippen LogP contribution in [0.15, 0.2) is 18.2 Å². The van der Waals surface area contributed by atoms with Crippen molar-refractivity contribution >= 4 is 57.8 Å². The number of nitrogens with one attached hydrogen (secondary N) is 4. The van der Waals surface area contributed by atoms with Crippen LogP contribution in [0, 0.1) is 11.3 Å². The first kappa shape index (κ1) is 32.9. The number of carbonyl (C=O) groups is 2. The molecule has 2 amide bonds. The molecule has 2 aromatic heterocycles. The second kappa shape index (κ2) is 13.1. The lowest BCUT2D eigenvalue weighted by atomic mass is 9.85. The van der Waals surface area contributed by atoms with Crippen molar-refractivity contribution in [3.63, 3.8) is 0 Å². The number of H-pyrrole nitrogens is 1. The van der Waals surface area contributed by atoms with Crippen molar-refractivity contribution in [1.82, 2.24) is 25.6 Å². The molecule has 0 bridgehead atoms. The third-order valence-electron chi connectivity index (χ3n) is 7.80. The van der Waals surface area contributed by atoms with Crippen LogP contribution >= 0.6 is 23.2 Å². The Hall–Kier alpha value is -3.43. The van der Waals surface area contributed by atoms with Crippen molar-refractivity contribution in [1.29, 1.82) is 0 Å². The van der Waals surface area contributed by atoms with Gasteiger partial charge < -0.3 is 30.4 Å². The molecule has 10 nitrogen and oxygen atoms in total. The molecule has 1 aliphatic carbocycles. The number of amides is 2. The number of nitrogens with zero attached hydrogens (tertiary/aromatic N) is 2. The number of hydrogen-bond acceptors (Lipinski definition) is 7. The van der Waals surface area contributed by atoms with E-state index in [2.05, 4.69) is 30.9 Å². The number of pyridine rings is 1. The Morgan fingerprint density at radius 3 is 2.49 bits per heavy atom. The van der Waals surface area contributed by atoms with Crippen LogP contribution < -0.4 is 20.7 Å². The third-order valence-corrected chi connectivity index (χ3v) is 8.54. The van der Waals surface area contributed by atoms with Crippen LogP contribution in [-0.4, -0.2) is 65.2 Å². The van der Waals surface area contributed by atoms with Crippen LogP contribution in [0.3, 0.4) is 0 Å². The van der Waals surface area contributed by atoms with Crippen LogP contribution in [0.4, 0.5) is 33.6 Å². The molecule has 1 saturated carbocycles. The number of halogens is 7. The number of carbonyl (C=O) groups excluding carboxylic acids is 2. The van der Waals surface area contributed by atoms with Gasteiger partial charge in [0.1, 0.15) is 5.56 Å². The third kappa shape index (κ3) is 7.52. The molecule has 4 N–H and O–H groups in total. The van der Waals surface area contributed by atoms with Gasteiger partial charge in [-0.25, -0.2) is 8.78 Å². The van der Waals surface area contributed by atoms with Crippen molar-refractivity contribution in [2.45, 2.75) is 57.8 Å². The predicted molar refractivity (Wildman–Crippen MR) is 155 cm³/mol. The SMILES string of the molecule is CC1(C(=O)NCc2ccc(Cl)c(Nc3nc4nc(OCC(F)F)c(C(=O)N[C@H]5CC[C@H](C(F)(F)F)CC5)cc4[nH]3)c2Cl)COC1. The van der Waals surface area contributed by atoms with Gasteiger partial charge in [-0.15, -0.1) is 0 Å². The summed E-state index contributed by atoms with van der Waals surface area (Å²) in [5.74, 6) is -2.68. The van der Waals surface area contributed by atoms with E-state index in [0.29, 0.717) is 18.8 Å². The Bertz CT molecular complexity index is 1570. The van der Waals surface area contributed by atoms with Gasteiger partial charge in [0, 0.05) is 12.6 Å². The van der Waals surface area contributed by atoms with E-state index < -0.39 is 48.4 Å². The maximum absolute atomic E-state index is 13.2. The summed E-state index contributed by atoms with van der Waals surface area (Å²) in [6.07, 6.45) is -7.23. The number of hydrogen-bond donors (Lipinski definition) is 4. The summed E-state index contributed by atoms with van der Waals surface area (Å²) in [6.45, 7) is 1.50. The van der Waals surface area contributed by atoms with Gasteiger partial charge in [0.25, 0.3) is 12.3 Å². The number of aromatic amines is 1. The molecule has 1 saturated heterocycles. The number of rotatable bonds is 10. The number of ether oxygens (including phenoxy) is 2. The summed E-state index contributed by atoms with van der Waals surface area (Å²) in [5, 5.41) is 8.88. The maximum Gasteiger partial charge on any atom is 0.391 e. The van der Waals surface area contributed by atoms with Crippen molar-refractivity contribution < 1.29 is 41.0 Å². The summed E-state index contributed by atoms with van der Waals surface area (Å²) in [7, 11) is 0. The number of imidazole rings is 1. The smallest absolute Gasteiger partial charge is 0.391 e. The minimum Gasteiger partial charge on any atom is -0.471 e. The normalized spacial score (nSPS) is 19.7. The Morgan fingerprint density at radius 2 is 1.87 bits per heavy atom. The van der Waals surface area contributed by atoms with E-state index in [1.165, 1.54) is 6.07 Å². The van der Waals surface area contributed by atoms with Crippen molar-refractivity contribution in [3.8, 4) is 5.88 Å². The lowest BCUT2D eigenvalue weighted by Crippen LogP contribution is -2.51. The molecule has 0 spiro atoms. The molecule has 3 aromatic rings. The van der Waals surface area contributed by atoms with E-state index >= 15 is 0 Å². The summed E-state index contributed by atoms with van der Waals surface area (Å²) in [6, 6.07) is 3.99. The zero-order chi connectivity index (χ0) is 32.5. The number of aromatic nitrogens is 3. The highest BCUT2D eigenvalue weighted by Gasteiger charge is 2.42. The molecule has 45 heavy (non-hydrogen) atoms. The molecule has 2 fully saturated rings. The van der Waals surface area contributed by atoms with Crippen molar-refractivity contribution in [2.75, 3.05) is 25.1 Å². The lowest BCUT2D eigenvalue weighted by Gasteiger charge is -2.36. The highest BCUT2D eigenvalue weighted by molar-refractivity contribution is 6.39. The highest BCUT2D eigenvalue weighted by Crippen LogP contribution is 2.38. The largest absolute Gasteiger partial charge is 0.471 e. The Labute approximate surface area is 263 Å². The number of benzene rings is 1. The predicted octanol–water partition coefficient (Wildman–Crippen LogP) is 6.16. The summed E-state index contributed by atoms with van der Waals surface area (Å²) >= 11 is 13.0. The van der Waals surface area contributed by atoms with Gasteiger partial charge in [-0.05, 0) is 50.3 Å².